The molecule has 0 heterocycles. The van der Waals surface area contributed by atoms with Crippen molar-refractivity contribution < 1.29 is 8.85 Å². The molecule has 0 spiro atoms. The quantitative estimate of drug-likeness (QED) is 0.235. The third-order valence-corrected chi connectivity index (χ3v) is 10.4. The van der Waals surface area contributed by atoms with E-state index in [4.69, 9.17) is 8.85 Å². The van der Waals surface area contributed by atoms with E-state index in [1.54, 1.807) is 0 Å². The number of hydrogen-bond acceptors (Lipinski definition) is 2. The van der Waals surface area contributed by atoms with Gasteiger partial charge in [0.1, 0.15) is 11.2 Å². The molecule has 0 unspecified atom stereocenters. The van der Waals surface area contributed by atoms with Gasteiger partial charge in [0.25, 0.3) is 0 Å². The normalized spacial score (nSPS) is 12.5. The van der Waals surface area contributed by atoms with Crippen LogP contribution >= 0.6 is 0 Å². The summed E-state index contributed by atoms with van der Waals surface area (Å²) in [5.41, 5.74) is 3.76. The first-order chi connectivity index (χ1) is 18.6. The second-order valence-corrected chi connectivity index (χ2v) is 12.7. The maximum atomic E-state index is 6.78. The Labute approximate surface area is 231 Å². The van der Waals surface area contributed by atoms with Crippen LogP contribution < -0.4 is 10.4 Å². The van der Waals surface area contributed by atoms with Crippen molar-refractivity contribution >= 4 is 29.9 Å². The lowest BCUT2D eigenvalue weighted by atomic mass is 9.88. The van der Waals surface area contributed by atoms with Gasteiger partial charge in [-0.05, 0) is 46.5 Å². The maximum Gasteiger partial charge on any atom is 0.193 e. The first-order valence-corrected chi connectivity index (χ1v) is 15.7. The Morgan fingerprint density at radius 3 is 0.842 bits per heavy atom. The predicted molar refractivity (Wildman–Crippen MR) is 164 cm³/mol. The van der Waals surface area contributed by atoms with Crippen molar-refractivity contribution in [2.45, 2.75) is 25.0 Å². The van der Waals surface area contributed by atoms with Crippen molar-refractivity contribution in [2.24, 2.45) is 0 Å². The van der Waals surface area contributed by atoms with E-state index in [1.807, 2.05) is 0 Å². The van der Waals surface area contributed by atoms with Crippen molar-refractivity contribution in [1.29, 1.82) is 0 Å². The molecule has 0 bridgehead atoms. The second kappa shape index (κ2) is 11.9. The maximum absolute atomic E-state index is 6.78. The molecule has 0 radical (unpaired) electrons. The topological polar surface area (TPSA) is 18.5 Å². The van der Waals surface area contributed by atoms with Crippen LogP contribution in [0.4, 0.5) is 0 Å². The average molecular weight is 531 g/mol. The van der Waals surface area contributed by atoms with E-state index in [0.29, 0.717) is 0 Å². The zero-order valence-corrected chi connectivity index (χ0v) is 24.9. The molecule has 0 aliphatic rings. The zero-order chi connectivity index (χ0) is 26.3. The lowest BCUT2D eigenvalue weighted by molar-refractivity contribution is 0.143. The molecule has 0 fully saturated rings. The van der Waals surface area contributed by atoms with E-state index in [1.165, 1.54) is 32.6 Å². The van der Waals surface area contributed by atoms with Gasteiger partial charge in [-0.15, -0.1) is 0 Å². The number of rotatable bonds is 10. The third kappa shape index (κ3) is 5.79. The van der Waals surface area contributed by atoms with Crippen molar-refractivity contribution in [1.82, 2.24) is 0 Å². The lowest BCUT2D eigenvalue weighted by Gasteiger charge is -2.32. The minimum atomic E-state index is -0.969. The van der Waals surface area contributed by atoms with Crippen LogP contribution in [0.2, 0.25) is 0 Å². The van der Waals surface area contributed by atoms with Gasteiger partial charge in [-0.25, -0.2) is 0 Å². The van der Waals surface area contributed by atoms with Crippen molar-refractivity contribution in [3.8, 4) is 0 Å². The molecule has 4 heteroatoms. The zero-order valence-electron chi connectivity index (χ0n) is 22.1. The van der Waals surface area contributed by atoms with Crippen LogP contribution in [0, 0.1) is 0 Å². The SMILES string of the molecule is CC(O[SiH2]c1ccc([SiH2]OC(C)(c2ccccc2)c2ccccc2)cc1)(c1ccccc1)c1ccccc1. The summed E-state index contributed by atoms with van der Waals surface area (Å²) in [6, 6.07) is 51.1. The highest BCUT2D eigenvalue weighted by Gasteiger charge is 2.30. The Morgan fingerprint density at radius 2 is 0.605 bits per heavy atom. The van der Waals surface area contributed by atoms with Gasteiger partial charge in [-0.1, -0.05) is 146 Å². The molecule has 0 atom stereocenters. The van der Waals surface area contributed by atoms with E-state index < -0.39 is 30.7 Å². The van der Waals surface area contributed by atoms with E-state index in [-0.39, 0.29) is 0 Å². The highest BCUT2D eigenvalue weighted by Crippen LogP contribution is 2.33. The first kappa shape index (κ1) is 26.1. The Kier molecular flexibility index (Phi) is 8.15. The number of benzene rings is 5. The lowest BCUT2D eigenvalue weighted by Crippen LogP contribution is -2.35. The Morgan fingerprint density at radius 1 is 0.368 bits per heavy atom. The molecule has 190 valence electrons. The molecule has 0 aromatic heterocycles. The third-order valence-electron chi connectivity index (χ3n) is 7.38. The largest absolute Gasteiger partial charge is 0.405 e. The molecule has 5 rings (SSSR count). The molecule has 0 N–H and O–H groups in total. The van der Waals surface area contributed by atoms with Gasteiger partial charge in [0, 0.05) is 0 Å². The van der Waals surface area contributed by atoms with Crippen LogP contribution in [0.5, 0.6) is 0 Å². The standard InChI is InChI=1S/C34H34O2Si2/c1-33(27-15-7-3-8-16-27,28-17-9-4-10-18-28)35-37-31-23-25-32(26-24-31)38-36-34(2,29-19-11-5-12-20-29)30-21-13-6-14-22-30/h3-26H,37-38H2,1-2H3. The van der Waals surface area contributed by atoms with Gasteiger partial charge in [0.05, 0.1) is 0 Å². The van der Waals surface area contributed by atoms with Crippen molar-refractivity contribution in [3.05, 3.63) is 168 Å². The highest BCUT2D eigenvalue weighted by molar-refractivity contribution is 6.49. The average Bonchev–Trinajstić information content (AvgIpc) is 3.01. The molecule has 0 aliphatic carbocycles. The van der Waals surface area contributed by atoms with Crippen LogP contribution in [-0.4, -0.2) is 19.5 Å². The van der Waals surface area contributed by atoms with E-state index in [0.717, 1.165) is 0 Å². The number of hydrogen-bond donors (Lipinski definition) is 0. The molecular weight excluding hydrogens is 497 g/mol. The summed E-state index contributed by atoms with van der Waals surface area (Å²) in [4.78, 5) is 0. The van der Waals surface area contributed by atoms with Gasteiger partial charge in [-0.2, -0.15) is 0 Å². The van der Waals surface area contributed by atoms with Gasteiger partial charge in [0.15, 0.2) is 19.5 Å². The predicted octanol–water partition coefficient (Wildman–Crippen LogP) is 5.07. The van der Waals surface area contributed by atoms with E-state index in [2.05, 4.69) is 159 Å². The minimum absolute atomic E-state index is 0.474. The van der Waals surface area contributed by atoms with Crippen LogP contribution in [0.1, 0.15) is 36.1 Å². The summed E-state index contributed by atoms with van der Waals surface area (Å²) >= 11 is 0. The molecule has 5 aromatic rings. The van der Waals surface area contributed by atoms with Crippen molar-refractivity contribution in [3.63, 3.8) is 0 Å². The molecule has 38 heavy (non-hydrogen) atoms. The molecule has 5 aromatic carbocycles. The molecule has 2 nitrogen and oxygen atoms in total. The Bertz CT molecular complexity index is 1220. The van der Waals surface area contributed by atoms with Crippen LogP contribution in [0.3, 0.4) is 0 Å². The molecule has 0 amide bonds. The summed E-state index contributed by atoms with van der Waals surface area (Å²) in [6.07, 6.45) is 0. The van der Waals surface area contributed by atoms with Crippen LogP contribution in [0.15, 0.2) is 146 Å². The highest BCUT2D eigenvalue weighted by atomic mass is 28.2. The Balaban J connectivity index is 1.30. The molecule has 0 saturated carbocycles. The summed E-state index contributed by atoms with van der Waals surface area (Å²) in [5.74, 6) is 0. The summed E-state index contributed by atoms with van der Waals surface area (Å²) in [5, 5.41) is 2.57. The van der Waals surface area contributed by atoms with Crippen LogP contribution in [0.25, 0.3) is 0 Å². The van der Waals surface area contributed by atoms with Crippen LogP contribution in [-0.2, 0) is 20.1 Å². The first-order valence-electron chi connectivity index (χ1n) is 13.2. The summed E-state index contributed by atoms with van der Waals surface area (Å²) in [7, 11) is -1.94. The minimum Gasteiger partial charge on any atom is -0.405 e. The van der Waals surface area contributed by atoms with Crippen molar-refractivity contribution in [2.75, 3.05) is 0 Å². The molecule has 0 aliphatic heterocycles. The monoisotopic (exact) mass is 530 g/mol. The van der Waals surface area contributed by atoms with Gasteiger partial charge < -0.3 is 8.85 Å². The second-order valence-electron chi connectivity index (χ2n) is 9.92. The summed E-state index contributed by atoms with van der Waals surface area (Å²) < 4.78 is 13.6. The van der Waals surface area contributed by atoms with Gasteiger partial charge in [0.2, 0.25) is 0 Å². The molecular formula is C34H34O2Si2. The molecule has 0 saturated heterocycles. The fourth-order valence-corrected chi connectivity index (χ4v) is 7.31. The van der Waals surface area contributed by atoms with Gasteiger partial charge in [-0.3, -0.25) is 0 Å². The van der Waals surface area contributed by atoms with Gasteiger partial charge >= 0.3 is 0 Å². The summed E-state index contributed by atoms with van der Waals surface area (Å²) in [6.45, 7) is 4.38. The van der Waals surface area contributed by atoms with E-state index >= 15 is 0 Å². The smallest absolute Gasteiger partial charge is 0.193 e. The fraction of sp³-hybridized carbons (Fsp3) is 0.118. The Hall–Kier alpha value is -3.55. The van der Waals surface area contributed by atoms with E-state index in [9.17, 15) is 0 Å². The fourth-order valence-electron chi connectivity index (χ4n) is 4.88.